The second-order valence-electron chi connectivity index (χ2n) is 4.53. The lowest BCUT2D eigenvalue weighted by Crippen LogP contribution is -2.18. The van der Waals surface area contributed by atoms with E-state index >= 15 is 0 Å². The molecule has 8 nitrogen and oxygen atoms in total. The molecule has 3 rings (SSSR count). The molecule has 0 radical (unpaired) electrons. The van der Waals surface area contributed by atoms with Crippen molar-refractivity contribution in [2.24, 2.45) is 5.10 Å². The highest BCUT2D eigenvalue weighted by Crippen LogP contribution is 2.17. The lowest BCUT2D eigenvalue weighted by Gasteiger charge is -2.11. The van der Waals surface area contributed by atoms with Crippen LogP contribution in [0.4, 0.5) is 5.82 Å². The van der Waals surface area contributed by atoms with Crippen LogP contribution in [0.5, 0.6) is 5.75 Å². The van der Waals surface area contributed by atoms with E-state index in [1.807, 2.05) is 24.3 Å². The van der Waals surface area contributed by atoms with E-state index in [1.54, 1.807) is 20.4 Å². The van der Waals surface area contributed by atoms with E-state index < -0.39 is 5.69 Å². The monoisotopic (exact) mass is 298 g/mol. The number of aromatic amines is 2. The minimum Gasteiger partial charge on any atom is -0.497 e. The number of anilines is 1. The molecule has 1 aromatic carbocycles. The van der Waals surface area contributed by atoms with Crippen LogP contribution in [0, 0.1) is 0 Å². The highest BCUT2D eigenvalue weighted by atomic mass is 16.5. The number of hydrogen-bond acceptors (Lipinski definition) is 6. The number of hydrogen-bond donors (Lipinski definition) is 2. The van der Waals surface area contributed by atoms with Crippen molar-refractivity contribution in [1.29, 1.82) is 0 Å². The summed E-state index contributed by atoms with van der Waals surface area (Å²) in [5.74, 6) is 1.18. The summed E-state index contributed by atoms with van der Waals surface area (Å²) in [6, 6.07) is 7.46. The van der Waals surface area contributed by atoms with E-state index in [0.29, 0.717) is 17.0 Å². The zero-order valence-electron chi connectivity index (χ0n) is 12.1. The van der Waals surface area contributed by atoms with Gasteiger partial charge in [-0.15, -0.1) is 0 Å². The second kappa shape index (κ2) is 5.68. The van der Waals surface area contributed by atoms with Crippen LogP contribution in [-0.2, 0) is 0 Å². The van der Waals surface area contributed by atoms with Gasteiger partial charge < -0.3 is 9.72 Å². The maximum Gasteiger partial charge on any atom is 0.348 e. The standard InChI is InChI=1S/C14H14N6O2/c1-20(17-7-9-3-5-10(22-2)6-4-9)13-11-12(16-8-15-11)18-14(21)19-13/h3-8H,1-2H3,(H2,15,16,18,19,21). The van der Waals surface area contributed by atoms with Crippen LogP contribution in [0.1, 0.15) is 5.56 Å². The van der Waals surface area contributed by atoms with Crippen LogP contribution in [0.3, 0.4) is 0 Å². The fourth-order valence-electron chi connectivity index (χ4n) is 1.97. The van der Waals surface area contributed by atoms with Gasteiger partial charge in [-0.3, -0.25) is 4.98 Å². The van der Waals surface area contributed by atoms with Gasteiger partial charge in [-0.25, -0.2) is 14.8 Å². The number of fused-ring (bicyclic) bond motifs is 1. The molecule has 0 aliphatic carbocycles. The van der Waals surface area contributed by atoms with E-state index in [9.17, 15) is 4.79 Å². The molecule has 0 spiro atoms. The van der Waals surface area contributed by atoms with Crippen molar-refractivity contribution < 1.29 is 4.74 Å². The van der Waals surface area contributed by atoms with Crippen molar-refractivity contribution in [2.75, 3.05) is 19.2 Å². The highest BCUT2D eigenvalue weighted by Gasteiger charge is 2.10. The van der Waals surface area contributed by atoms with Crippen LogP contribution in [0.2, 0.25) is 0 Å². The molecule has 0 aliphatic rings. The lowest BCUT2D eigenvalue weighted by molar-refractivity contribution is 0.415. The topological polar surface area (TPSA) is 99.3 Å². The molecular weight excluding hydrogens is 284 g/mol. The van der Waals surface area contributed by atoms with Crippen molar-refractivity contribution >= 4 is 23.2 Å². The third-order valence-corrected chi connectivity index (χ3v) is 3.10. The summed E-state index contributed by atoms with van der Waals surface area (Å²) >= 11 is 0. The van der Waals surface area contributed by atoms with Gasteiger partial charge in [0.1, 0.15) is 11.3 Å². The van der Waals surface area contributed by atoms with Gasteiger partial charge in [0.2, 0.25) is 0 Å². The van der Waals surface area contributed by atoms with Crippen LogP contribution < -0.4 is 15.4 Å². The zero-order valence-corrected chi connectivity index (χ0v) is 12.1. The normalized spacial score (nSPS) is 11.2. The highest BCUT2D eigenvalue weighted by molar-refractivity contribution is 5.84. The smallest absolute Gasteiger partial charge is 0.348 e. The molecule has 0 saturated heterocycles. The molecule has 0 unspecified atom stereocenters. The molecule has 2 aromatic heterocycles. The maximum atomic E-state index is 11.5. The Hall–Kier alpha value is -3.16. The Labute approximate surface area is 125 Å². The summed E-state index contributed by atoms with van der Waals surface area (Å²) in [5, 5.41) is 5.81. The Morgan fingerprint density at radius 3 is 2.82 bits per heavy atom. The largest absolute Gasteiger partial charge is 0.497 e. The van der Waals surface area contributed by atoms with E-state index in [0.717, 1.165) is 11.3 Å². The van der Waals surface area contributed by atoms with Gasteiger partial charge in [0, 0.05) is 7.05 Å². The first kappa shape index (κ1) is 13.8. The Balaban J connectivity index is 1.89. The van der Waals surface area contributed by atoms with Gasteiger partial charge in [-0.05, 0) is 29.8 Å². The first-order valence-electron chi connectivity index (χ1n) is 6.52. The maximum absolute atomic E-state index is 11.5. The molecular formula is C14H14N6O2. The number of nitrogens with zero attached hydrogens (tertiary/aromatic N) is 4. The van der Waals surface area contributed by atoms with Gasteiger partial charge >= 0.3 is 5.69 Å². The Kier molecular flexibility index (Phi) is 3.57. The fourth-order valence-corrected chi connectivity index (χ4v) is 1.97. The van der Waals surface area contributed by atoms with E-state index in [4.69, 9.17) is 4.74 Å². The van der Waals surface area contributed by atoms with Gasteiger partial charge in [-0.1, -0.05) is 0 Å². The van der Waals surface area contributed by atoms with Gasteiger partial charge in [0.05, 0.1) is 19.7 Å². The first-order valence-corrected chi connectivity index (χ1v) is 6.52. The molecule has 2 N–H and O–H groups in total. The van der Waals surface area contributed by atoms with Gasteiger partial charge in [-0.2, -0.15) is 10.1 Å². The third-order valence-electron chi connectivity index (χ3n) is 3.10. The molecule has 0 saturated carbocycles. The number of hydrazone groups is 1. The van der Waals surface area contributed by atoms with Crippen molar-refractivity contribution in [1.82, 2.24) is 19.9 Å². The lowest BCUT2D eigenvalue weighted by atomic mass is 10.2. The predicted octanol–water partition coefficient (Wildman–Crippen LogP) is 1.13. The zero-order chi connectivity index (χ0) is 15.5. The molecule has 8 heteroatoms. The van der Waals surface area contributed by atoms with Crippen molar-refractivity contribution in [2.45, 2.75) is 0 Å². The van der Waals surface area contributed by atoms with Crippen molar-refractivity contribution in [3.8, 4) is 5.75 Å². The summed E-state index contributed by atoms with van der Waals surface area (Å²) in [6.07, 6.45) is 3.16. The SMILES string of the molecule is COc1ccc(C=NN(C)c2nc(=O)[nH]c3nc[nH]c23)cc1. The fraction of sp³-hybridized carbons (Fsp3) is 0.143. The number of ether oxygens (including phenoxy) is 1. The molecule has 3 aromatic rings. The van der Waals surface area contributed by atoms with Crippen LogP contribution >= 0.6 is 0 Å². The van der Waals surface area contributed by atoms with Crippen molar-refractivity contribution in [3.05, 3.63) is 46.6 Å². The summed E-state index contributed by atoms with van der Waals surface area (Å²) in [4.78, 5) is 25.0. The van der Waals surface area contributed by atoms with Crippen molar-refractivity contribution in [3.63, 3.8) is 0 Å². The van der Waals surface area contributed by atoms with Crippen LogP contribution in [0.15, 0.2) is 40.5 Å². The summed E-state index contributed by atoms with van der Waals surface area (Å²) in [5.41, 5.74) is 1.50. The number of rotatable bonds is 4. The molecule has 0 aliphatic heterocycles. The Morgan fingerprint density at radius 1 is 1.32 bits per heavy atom. The molecule has 0 atom stereocenters. The van der Waals surface area contributed by atoms with E-state index in [2.05, 4.69) is 25.0 Å². The summed E-state index contributed by atoms with van der Waals surface area (Å²) in [6.45, 7) is 0. The molecule has 2 heterocycles. The summed E-state index contributed by atoms with van der Waals surface area (Å²) < 4.78 is 5.10. The molecule has 0 fully saturated rings. The minimum atomic E-state index is -0.471. The predicted molar refractivity (Wildman–Crippen MR) is 83.5 cm³/mol. The number of H-pyrrole nitrogens is 2. The van der Waals surface area contributed by atoms with Crippen LogP contribution in [0.25, 0.3) is 11.2 Å². The average Bonchev–Trinajstić information content (AvgIpc) is 3.00. The summed E-state index contributed by atoms with van der Waals surface area (Å²) in [7, 11) is 3.33. The number of imidazole rings is 1. The third kappa shape index (κ3) is 2.66. The second-order valence-corrected chi connectivity index (χ2v) is 4.53. The Morgan fingerprint density at radius 2 is 2.09 bits per heavy atom. The van der Waals surface area contributed by atoms with Gasteiger partial charge in [0.15, 0.2) is 11.5 Å². The van der Waals surface area contributed by atoms with Crippen LogP contribution in [-0.4, -0.2) is 40.3 Å². The average molecular weight is 298 g/mol. The molecule has 0 amide bonds. The van der Waals surface area contributed by atoms with E-state index in [-0.39, 0.29) is 0 Å². The van der Waals surface area contributed by atoms with E-state index in [1.165, 1.54) is 11.3 Å². The number of aromatic nitrogens is 4. The first-order chi connectivity index (χ1) is 10.7. The number of nitrogens with one attached hydrogen (secondary N) is 2. The Bertz CT molecular complexity index is 865. The number of methoxy groups -OCH3 is 1. The number of benzene rings is 1. The molecule has 112 valence electrons. The quantitative estimate of drug-likeness (QED) is 0.555. The minimum absolute atomic E-state index is 0.404. The van der Waals surface area contributed by atoms with Gasteiger partial charge in [0.25, 0.3) is 0 Å². The molecule has 0 bridgehead atoms. The molecule has 22 heavy (non-hydrogen) atoms.